The van der Waals surface area contributed by atoms with Gasteiger partial charge in [-0.05, 0) is 25.5 Å². The van der Waals surface area contributed by atoms with Gasteiger partial charge in [0.1, 0.15) is 24.1 Å². The normalized spacial score (nSPS) is 30.8. The standard InChI is InChI=1S/C23H23NO7/c1-23(2)30-21-19(27-13-14-8-4-3-5-9-14)20(29-22(21)31-23)18-16(24(25)26)12-15-10-6-7-11-17(15)28-18/h3-12,18-22H,13H2,1-2H3/t18?,19-,20+,21+,22+/m1/s1. The zero-order valence-electron chi connectivity index (χ0n) is 17.2. The average Bonchev–Trinajstić information content (AvgIpc) is 3.23. The van der Waals surface area contributed by atoms with Crippen molar-refractivity contribution in [3.8, 4) is 5.75 Å². The van der Waals surface area contributed by atoms with Gasteiger partial charge in [0.25, 0.3) is 5.70 Å². The van der Waals surface area contributed by atoms with Crippen LogP contribution >= 0.6 is 0 Å². The minimum atomic E-state index is -0.966. The topological polar surface area (TPSA) is 89.3 Å². The molecule has 2 fully saturated rings. The predicted octanol–water partition coefficient (Wildman–Crippen LogP) is 3.53. The molecule has 8 heteroatoms. The van der Waals surface area contributed by atoms with Gasteiger partial charge < -0.3 is 23.7 Å². The molecule has 0 saturated carbocycles. The van der Waals surface area contributed by atoms with Crippen molar-refractivity contribution in [2.24, 2.45) is 0 Å². The quantitative estimate of drug-likeness (QED) is 0.535. The zero-order valence-corrected chi connectivity index (χ0v) is 17.2. The minimum absolute atomic E-state index is 0.0868. The number of ether oxygens (including phenoxy) is 5. The highest BCUT2D eigenvalue weighted by molar-refractivity contribution is 5.61. The third-order valence-electron chi connectivity index (χ3n) is 5.59. The van der Waals surface area contributed by atoms with Crippen LogP contribution in [-0.4, -0.2) is 41.4 Å². The summed E-state index contributed by atoms with van der Waals surface area (Å²) in [7, 11) is 0. The van der Waals surface area contributed by atoms with E-state index in [9.17, 15) is 10.1 Å². The lowest BCUT2D eigenvalue weighted by atomic mass is 9.98. The van der Waals surface area contributed by atoms with Gasteiger partial charge in [0.15, 0.2) is 12.1 Å². The molecular weight excluding hydrogens is 402 g/mol. The van der Waals surface area contributed by atoms with Gasteiger partial charge >= 0.3 is 0 Å². The van der Waals surface area contributed by atoms with Gasteiger partial charge in [0, 0.05) is 11.6 Å². The van der Waals surface area contributed by atoms with Crippen LogP contribution in [0.3, 0.4) is 0 Å². The highest BCUT2D eigenvalue weighted by atomic mass is 16.8. The van der Waals surface area contributed by atoms with Crippen LogP contribution in [0.25, 0.3) is 6.08 Å². The third kappa shape index (κ3) is 3.83. The van der Waals surface area contributed by atoms with Gasteiger partial charge in [0.05, 0.1) is 11.5 Å². The first-order chi connectivity index (χ1) is 14.9. The average molecular weight is 425 g/mol. The van der Waals surface area contributed by atoms with Crippen molar-refractivity contribution < 1.29 is 28.6 Å². The van der Waals surface area contributed by atoms with Crippen molar-refractivity contribution in [1.29, 1.82) is 0 Å². The van der Waals surface area contributed by atoms with E-state index < -0.39 is 41.4 Å². The molecule has 3 heterocycles. The number of nitro groups is 1. The lowest BCUT2D eigenvalue weighted by Gasteiger charge is -2.31. The zero-order chi connectivity index (χ0) is 21.6. The summed E-state index contributed by atoms with van der Waals surface area (Å²) in [5.41, 5.74) is 1.54. The molecule has 0 radical (unpaired) electrons. The summed E-state index contributed by atoms with van der Waals surface area (Å²) in [5, 5.41) is 11.9. The maximum Gasteiger partial charge on any atom is 0.290 e. The lowest BCUT2D eigenvalue weighted by Crippen LogP contribution is -2.47. The van der Waals surface area contributed by atoms with Gasteiger partial charge in [-0.3, -0.25) is 10.1 Å². The van der Waals surface area contributed by atoms with Crippen LogP contribution in [0.15, 0.2) is 60.3 Å². The number of fused-ring (bicyclic) bond motifs is 2. The predicted molar refractivity (Wildman–Crippen MR) is 110 cm³/mol. The van der Waals surface area contributed by atoms with Crippen molar-refractivity contribution in [3.05, 3.63) is 81.5 Å². The molecule has 5 atom stereocenters. The Balaban J connectivity index is 1.45. The Labute approximate surface area is 179 Å². The van der Waals surface area contributed by atoms with Gasteiger partial charge in [0.2, 0.25) is 6.10 Å². The van der Waals surface area contributed by atoms with Crippen LogP contribution in [0.5, 0.6) is 5.75 Å². The summed E-state index contributed by atoms with van der Waals surface area (Å²) in [6, 6.07) is 16.9. The second-order valence-corrected chi connectivity index (χ2v) is 8.23. The highest BCUT2D eigenvalue weighted by Crippen LogP contribution is 2.43. The number of hydrogen-bond acceptors (Lipinski definition) is 7. The van der Waals surface area contributed by atoms with Crippen LogP contribution < -0.4 is 4.74 Å². The van der Waals surface area contributed by atoms with E-state index in [1.54, 1.807) is 26.0 Å². The Bertz CT molecular complexity index is 1010. The molecule has 2 aromatic carbocycles. The number of nitrogens with zero attached hydrogens (tertiary/aromatic N) is 1. The molecular formula is C23H23NO7. The van der Waals surface area contributed by atoms with Crippen molar-refractivity contribution in [1.82, 2.24) is 0 Å². The lowest BCUT2D eigenvalue weighted by molar-refractivity contribution is -0.437. The fourth-order valence-electron chi connectivity index (χ4n) is 4.24. The highest BCUT2D eigenvalue weighted by Gasteiger charge is 2.60. The first-order valence-corrected chi connectivity index (χ1v) is 10.2. The van der Waals surface area contributed by atoms with Gasteiger partial charge in [-0.2, -0.15) is 0 Å². The van der Waals surface area contributed by atoms with Crippen LogP contribution in [0.1, 0.15) is 25.0 Å². The summed E-state index contributed by atoms with van der Waals surface area (Å²) < 4.78 is 30.3. The SMILES string of the molecule is CC1(C)O[C@@H]2O[C@@H](C3Oc4ccccc4C=C3[N+](=O)[O-])[C@@H](OCc3ccccc3)[C@@H]2O1. The maximum absolute atomic E-state index is 11.9. The fraction of sp³-hybridized carbons (Fsp3) is 0.391. The maximum atomic E-state index is 11.9. The molecule has 31 heavy (non-hydrogen) atoms. The summed E-state index contributed by atoms with van der Waals surface area (Å²) in [4.78, 5) is 11.4. The van der Waals surface area contributed by atoms with E-state index in [1.807, 2.05) is 42.5 Å². The molecule has 2 aromatic rings. The van der Waals surface area contributed by atoms with E-state index in [0.29, 0.717) is 17.9 Å². The first kappa shape index (κ1) is 20.1. The first-order valence-electron chi connectivity index (χ1n) is 10.2. The molecule has 0 bridgehead atoms. The summed E-state index contributed by atoms with van der Waals surface area (Å²) in [5.74, 6) is -0.279. The molecule has 2 saturated heterocycles. The van der Waals surface area contributed by atoms with E-state index in [2.05, 4.69) is 0 Å². The largest absolute Gasteiger partial charge is 0.476 e. The van der Waals surface area contributed by atoms with Crippen molar-refractivity contribution in [3.63, 3.8) is 0 Å². The Morgan fingerprint density at radius 2 is 1.77 bits per heavy atom. The molecule has 0 aromatic heterocycles. The molecule has 0 spiro atoms. The van der Waals surface area contributed by atoms with E-state index in [0.717, 1.165) is 5.56 Å². The molecule has 1 unspecified atom stereocenters. The van der Waals surface area contributed by atoms with Gasteiger partial charge in [-0.1, -0.05) is 48.5 Å². The van der Waals surface area contributed by atoms with Gasteiger partial charge in [-0.15, -0.1) is 0 Å². The second kappa shape index (κ2) is 7.72. The number of hydrogen-bond donors (Lipinski definition) is 0. The molecule has 0 aliphatic carbocycles. The fourth-order valence-corrected chi connectivity index (χ4v) is 4.24. The van der Waals surface area contributed by atoms with Crippen LogP contribution in [0, 0.1) is 10.1 Å². The van der Waals surface area contributed by atoms with Crippen molar-refractivity contribution in [2.75, 3.05) is 0 Å². The van der Waals surface area contributed by atoms with Crippen LogP contribution in [0.2, 0.25) is 0 Å². The third-order valence-corrected chi connectivity index (χ3v) is 5.59. The van der Waals surface area contributed by atoms with Crippen molar-refractivity contribution in [2.45, 2.75) is 56.9 Å². The summed E-state index contributed by atoms with van der Waals surface area (Å²) in [6.07, 6.45) is -2.06. The summed E-state index contributed by atoms with van der Waals surface area (Å²) in [6.45, 7) is 3.90. The van der Waals surface area contributed by atoms with Gasteiger partial charge in [-0.25, -0.2) is 0 Å². The Kier molecular flexibility index (Phi) is 5.02. The molecule has 162 valence electrons. The van der Waals surface area contributed by atoms with E-state index in [-0.39, 0.29) is 5.70 Å². The van der Waals surface area contributed by atoms with E-state index >= 15 is 0 Å². The van der Waals surface area contributed by atoms with Crippen LogP contribution in [0.4, 0.5) is 0 Å². The molecule has 0 amide bonds. The monoisotopic (exact) mass is 425 g/mol. The number of rotatable bonds is 5. The Morgan fingerprint density at radius 1 is 1.03 bits per heavy atom. The molecule has 5 rings (SSSR count). The Hall–Kier alpha value is -2.78. The van der Waals surface area contributed by atoms with Crippen LogP contribution in [-0.2, 0) is 25.6 Å². The minimum Gasteiger partial charge on any atom is -0.476 e. The molecule has 3 aliphatic rings. The smallest absolute Gasteiger partial charge is 0.290 e. The van der Waals surface area contributed by atoms with E-state index in [4.69, 9.17) is 23.7 Å². The molecule has 3 aliphatic heterocycles. The van der Waals surface area contributed by atoms with Crippen molar-refractivity contribution >= 4 is 6.08 Å². The molecule has 8 nitrogen and oxygen atoms in total. The summed E-state index contributed by atoms with van der Waals surface area (Å²) >= 11 is 0. The number of para-hydroxylation sites is 1. The Morgan fingerprint density at radius 3 is 2.55 bits per heavy atom. The molecule has 0 N–H and O–H groups in total. The number of benzene rings is 2. The second-order valence-electron chi connectivity index (χ2n) is 8.23. The van der Waals surface area contributed by atoms with E-state index in [1.165, 1.54) is 6.08 Å².